The average Bonchev–Trinajstić information content (AvgIpc) is 2.89. The minimum atomic E-state index is -1.02. The van der Waals surface area contributed by atoms with E-state index in [4.69, 9.17) is 9.84 Å². The average molecular weight is 325 g/mol. The summed E-state index contributed by atoms with van der Waals surface area (Å²) in [5.74, 6) is -1.10. The van der Waals surface area contributed by atoms with Gasteiger partial charge in [-0.1, -0.05) is 20.3 Å². The largest absolute Gasteiger partial charge is 0.479 e. The third kappa shape index (κ3) is 3.67. The van der Waals surface area contributed by atoms with E-state index in [1.807, 2.05) is 6.07 Å². The van der Waals surface area contributed by atoms with Gasteiger partial charge in [0.15, 0.2) is 6.10 Å². The number of carbonyl (C=O) groups is 2. The molecule has 2 atom stereocenters. The number of morpholine rings is 1. The van der Waals surface area contributed by atoms with E-state index >= 15 is 0 Å². The van der Waals surface area contributed by atoms with Crippen LogP contribution in [0.3, 0.4) is 0 Å². The summed E-state index contributed by atoms with van der Waals surface area (Å²) in [6.45, 7) is 6.56. The van der Waals surface area contributed by atoms with E-state index in [1.165, 1.54) is 10.4 Å². The molecule has 1 amide bonds. The number of aliphatic carboxylic acids is 1. The fraction of sp³-hybridized carbons (Fsp3) is 0.625. The first kappa shape index (κ1) is 17.0. The van der Waals surface area contributed by atoms with Gasteiger partial charge in [-0.2, -0.15) is 0 Å². The molecule has 1 unspecified atom stereocenters. The molecule has 1 aliphatic heterocycles. The molecule has 122 valence electrons. The summed E-state index contributed by atoms with van der Waals surface area (Å²) < 4.78 is 5.36. The predicted octanol–water partition coefficient (Wildman–Crippen LogP) is 2.58. The molecule has 1 saturated heterocycles. The number of amides is 1. The van der Waals surface area contributed by atoms with E-state index in [1.54, 1.807) is 23.2 Å². The van der Waals surface area contributed by atoms with Gasteiger partial charge in [-0.05, 0) is 31.4 Å². The van der Waals surface area contributed by atoms with Crippen molar-refractivity contribution in [3.63, 3.8) is 0 Å². The molecule has 1 aromatic rings. The molecule has 2 heterocycles. The van der Waals surface area contributed by atoms with Crippen LogP contribution in [0.25, 0.3) is 0 Å². The first-order valence-corrected chi connectivity index (χ1v) is 8.57. The molecule has 6 heteroatoms. The molecule has 0 spiro atoms. The number of ether oxygens (including phenoxy) is 1. The number of thiophene rings is 1. The number of rotatable bonds is 5. The number of hydrogen-bond donors (Lipinski definition) is 1. The first-order valence-electron chi connectivity index (χ1n) is 7.75. The molecular weight excluding hydrogens is 302 g/mol. The van der Waals surface area contributed by atoms with Gasteiger partial charge in [0.05, 0.1) is 17.5 Å². The second kappa shape index (κ2) is 7.24. The van der Waals surface area contributed by atoms with Gasteiger partial charge < -0.3 is 14.7 Å². The van der Waals surface area contributed by atoms with E-state index in [9.17, 15) is 9.59 Å². The van der Waals surface area contributed by atoms with Gasteiger partial charge in [0.25, 0.3) is 5.91 Å². The lowest BCUT2D eigenvalue weighted by atomic mass is 10.1. The number of hydrogen-bond acceptors (Lipinski definition) is 4. The van der Waals surface area contributed by atoms with Crippen LogP contribution in [-0.2, 0) is 22.4 Å². The third-order valence-corrected chi connectivity index (χ3v) is 5.01. The molecule has 1 aliphatic rings. The van der Waals surface area contributed by atoms with Crippen LogP contribution in [0.4, 0.5) is 0 Å². The minimum Gasteiger partial charge on any atom is -0.479 e. The monoisotopic (exact) mass is 325 g/mol. The van der Waals surface area contributed by atoms with Crippen molar-refractivity contribution in [2.24, 2.45) is 0 Å². The minimum absolute atomic E-state index is 0.0801. The standard InChI is InChI=1S/C16H23NO4S/c1-4-6-13-11(5-2)7-14(22-13)15(18)17-8-10(3)21-12(9-17)16(19)20/h7,10,12H,4-6,8-9H2,1-3H3,(H,19,20)/t10-,12?/m1/s1. The molecule has 0 radical (unpaired) electrons. The summed E-state index contributed by atoms with van der Waals surface area (Å²) in [6.07, 6.45) is 1.75. The Morgan fingerprint density at radius 1 is 1.41 bits per heavy atom. The summed E-state index contributed by atoms with van der Waals surface area (Å²) in [5.41, 5.74) is 1.23. The van der Waals surface area contributed by atoms with Crippen molar-refractivity contribution in [2.45, 2.75) is 52.2 Å². The highest BCUT2D eigenvalue weighted by molar-refractivity contribution is 7.14. The summed E-state index contributed by atoms with van der Waals surface area (Å²) in [7, 11) is 0. The highest BCUT2D eigenvalue weighted by atomic mass is 32.1. The second-order valence-corrected chi connectivity index (χ2v) is 6.78. The van der Waals surface area contributed by atoms with E-state index < -0.39 is 12.1 Å². The van der Waals surface area contributed by atoms with Crippen molar-refractivity contribution in [2.75, 3.05) is 13.1 Å². The molecule has 1 N–H and O–H groups in total. The fourth-order valence-corrected chi connectivity index (χ4v) is 4.04. The molecule has 0 aromatic carbocycles. The Kier molecular flexibility index (Phi) is 5.58. The number of carboxylic acids is 1. The molecule has 2 rings (SSSR count). The molecule has 0 aliphatic carbocycles. The summed E-state index contributed by atoms with van der Waals surface area (Å²) in [5, 5.41) is 9.12. The Labute approximate surface area is 134 Å². The van der Waals surface area contributed by atoms with Crippen molar-refractivity contribution >= 4 is 23.2 Å². The Hall–Kier alpha value is -1.40. The van der Waals surface area contributed by atoms with Crippen molar-refractivity contribution in [1.82, 2.24) is 4.90 Å². The fourth-order valence-electron chi connectivity index (χ4n) is 2.72. The van der Waals surface area contributed by atoms with E-state index in [2.05, 4.69) is 13.8 Å². The smallest absolute Gasteiger partial charge is 0.334 e. The van der Waals surface area contributed by atoms with Gasteiger partial charge in [-0.3, -0.25) is 4.79 Å². The summed E-state index contributed by atoms with van der Waals surface area (Å²) in [6, 6.07) is 1.97. The van der Waals surface area contributed by atoms with Crippen molar-refractivity contribution < 1.29 is 19.4 Å². The van der Waals surface area contributed by atoms with Crippen LogP contribution < -0.4 is 0 Å². The zero-order valence-electron chi connectivity index (χ0n) is 13.3. The topological polar surface area (TPSA) is 66.8 Å². The zero-order valence-corrected chi connectivity index (χ0v) is 14.1. The Balaban J connectivity index is 2.18. The zero-order chi connectivity index (χ0) is 16.3. The lowest BCUT2D eigenvalue weighted by Crippen LogP contribution is -2.51. The van der Waals surface area contributed by atoms with Gasteiger partial charge in [-0.25, -0.2) is 4.79 Å². The van der Waals surface area contributed by atoms with E-state index in [-0.39, 0.29) is 18.6 Å². The maximum Gasteiger partial charge on any atom is 0.334 e. The Morgan fingerprint density at radius 3 is 2.73 bits per heavy atom. The first-order chi connectivity index (χ1) is 10.5. The van der Waals surface area contributed by atoms with Gasteiger partial charge >= 0.3 is 5.97 Å². The highest BCUT2D eigenvalue weighted by Gasteiger charge is 2.33. The van der Waals surface area contributed by atoms with Crippen LogP contribution in [0, 0.1) is 0 Å². The van der Waals surface area contributed by atoms with Crippen molar-refractivity contribution in [3.8, 4) is 0 Å². The number of aryl methyl sites for hydroxylation is 2. The second-order valence-electron chi connectivity index (χ2n) is 5.65. The SMILES string of the molecule is CCCc1sc(C(=O)N2CC(C(=O)O)O[C@H](C)C2)cc1CC. The van der Waals surface area contributed by atoms with Gasteiger partial charge in [0.2, 0.25) is 0 Å². The maximum atomic E-state index is 12.7. The molecular formula is C16H23NO4S. The highest BCUT2D eigenvalue weighted by Crippen LogP contribution is 2.26. The molecule has 5 nitrogen and oxygen atoms in total. The molecule has 0 bridgehead atoms. The van der Waals surface area contributed by atoms with Gasteiger partial charge in [0, 0.05) is 11.4 Å². The van der Waals surface area contributed by atoms with Gasteiger partial charge in [-0.15, -0.1) is 11.3 Å². The van der Waals surface area contributed by atoms with Crippen LogP contribution in [0.5, 0.6) is 0 Å². The normalized spacial score (nSPS) is 21.9. The number of nitrogens with zero attached hydrogens (tertiary/aromatic N) is 1. The summed E-state index contributed by atoms with van der Waals surface area (Å²) in [4.78, 5) is 27.4. The molecule has 1 aromatic heterocycles. The van der Waals surface area contributed by atoms with Crippen LogP contribution in [0.15, 0.2) is 6.07 Å². The van der Waals surface area contributed by atoms with Crippen molar-refractivity contribution in [3.05, 3.63) is 21.4 Å². The maximum absolute atomic E-state index is 12.7. The molecule has 1 fully saturated rings. The van der Waals surface area contributed by atoms with Crippen LogP contribution in [0.2, 0.25) is 0 Å². The predicted molar refractivity (Wildman–Crippen MR) is 85.6 cm³/mol. The molecule has 0 saturated carbocycles. The molecule has 22 heavy (non-hydrogen) atoms. The summed E-state index contributed by atoms with van der Waals surface area (Å²) >= 11 is 1.54. The van der Waals surface area contributed by atoms with Crippen LogP contribution in [0.1, 0.15) is 47.3 Å². The third-order valence-electron chi connectivity index (χ3n) is 3.79. The number of carbonyl (C=O) groups excluding carboxylic acids is 1. The van der Waals surface area contributed by atoms with Crippen LogP contribution >= 0.6 is 11.3 Å². The number of carboxylic acid groups (broad SMARTS) is 1. The van der Waals surface area contributed by atoms with Gasteiger partial charge in [0.1, 0.15) is 0 Å². The lowest BCUT2D eigenvalue weighted by Gasteiger charge is -2.34. The van der Waals surface area contributed by atoms with Crippen molar-refractivity contribution in [1.29, 1.82) is 0 Å². The Bertz CT molecular complexity index is 554. The quantitative estimate of drug-likeness (QED) is 0.903. The van der Waals surface area contributed by atoms with E-state index in [0.29, 0.717) is 11.4 Å². The lowest BCUT2D eigenvalue weighted by molar-refractivity contribution is -0.160. The van der Waals surface area contributed by atoms with E-state index in [0.717, 1.165) is 19.3 Å². The van der Waals surface area contributed by atoms with Crippen LogP contribution in [-0.4, -0.2) is 47.2 Å². The Morgan fingerprint density at radius 2 is 2.14 bits per heavy atom.